The van der Waals surface area contributed by atoms with Crippen LogP contribution in [0.5, 0.6) is 0 Å². The van der Waals surface area contributed by atoms with Crippen LogP contribution >= 0.6 is 11.3 Å². The summed E-state index contributed by atoms with van der Waals surface area (Å²) in [4.78, 5) is 8.79. The van der Waals surface area contributed by atoms with Gasteiger partial charge in [0.05, 0.1) is 5.01 Å². The lowest BCUT2D eigenvalue weighted by Crippen LogP contribution is -2.23. The number of hydrogen-bond acceptors (Lipinski definition) is 3. The van der Waals surface area contributed by atoms with Gasteiger partial charge in [0, 0.05) is 29.7 Å². The quantitative estimate of drug-likeness (QED) is 0.505. The van der Waals surface area contributed by atoms with Crippen molar-refractivity contribution in [1.82, 2.24) is 4.98 Å². The SMILES string of the molecule is Cc1csc(CCCN=C(N)Nc2ccc(C)c(C)c2)n1. The van der Waals surface area contributed by atoms with Crippen LogP contribution in [0, 0.1) is 20.8 Å². The van der Waals surface area contributed by atoms with E-state index in [0.717, 1.165) is 24.2 Å². The summed E-state index contributed by atoms with van der Waals surface area (Å²) in [5.74, 6) is 0.466. The molecule has 0 saturated carbocycles. The van der Waals surface area contributed by atoms with Gasteiger partial charge in [-0.3, -0.25) is 4.99 Å². The van der Waals surface area contributed by atoms with Gasteiger partial charge in [-0.2, -0.15) is 0 Å². The van der Waals surface area contributed by atoms with E-state index in [4.69, 9.17) is 5.73 Å². The molecule has 0 saturated heterocycles. The van der Waals surface area contributed by atoms with Crippen molar-refractivity contribution in [3.63, 3.8) is 0 Å². The van der Waals surface area contributed by atoms with Crippen molar-refractivity contribution in [3.05, 3.63) is 45.4 Å². The number of guanidine groups is 1. The Balaban J connectivity index is 1.79. The van der Waals surface area contributed by atoms with Crippen LogP contribution in [0.1, 0.15) is 28.2 Å². The van der Waals surface area contributed by atoms with Crippen molar-refractivity contribution in [1.29, 1.82) is 0 Å². The number of aryl methyl sites for hydroxylation is 4. The standard InChI is InChI=1S/C16H22N4S/c1-11-6-7-14(9-12(11)2)20-16(17)18-8-4-5-15-19-13(3)10-21-15/h6-7,9-10H,4-5,8H2,1-3H3,(H3,17,18,20). The largest absolute Gasteiger partial charge is 0.370 e. The highest BCUT2D eigenvalue weighted by atomic mass is 32.1. The van der Waals surface area contributed by atoms with Gasteiger partial charge in [0.1, 0.15) is 0 Å². The Kier molecular flexibility index (Phi) is 5.33. The van der Waals surface area contributed by atoms with E-state index in [2.05, 4.69) is 46.7 Å². The molecule has 0 aliphatic rings. The molecule has 1 aromatic carbocycles. The van der Waals surface area contributed by atoms with Gasteiger partial charge in [0.2, 0.25) is 0 Å². The predicted molar refractivity (Wildman–Crippen MR) is 91.2 cm³/mol. The summed E-state index contributed by atoms with van der Waals surface area (Å²) in [5.41, 5.74) is 10.5. The second-order valence-electron chi connectivity index (χ2n) is 5.18. The average Bonchev–Trinajstić information content (AvgIpc) is 2.85. The van der Waals surface area contributed by atoms with Crippen LogP contribution < -0.4 is 11.1 Å². The predicted octanol–water partition coefficient (Wildman–Crippen LogP) is 3.43. The molecule has 5 heteroatoms. The third-order valence-electron chi connectivity index (χ3n) is 3.28. The number of anilines is 1. The first-order chi connectivity index (χ1) is 10.0. The van der Waals surface area contributed by atoms with Gasteiger partial charge in [-0.25, -0.2) is 4.98 Å². The first kappa shape index (κ1) is 15.5. The van der Waals surface area contributed by atoms with Crippen molar-refractivity contribution in [2.45, 2.75) is 33.6 Å². The zero-order chi connectivity index (χ0) is 15.2. The minimum atomic E-state index is 0.466. The molecule has 0 aliphatic carbocycles. The van der Waals surface area contributed by atoms with Crippen LogP contribution in [0.25, 0.3) is 0 Å². The van der Waals surface area contributed by atoms with Crippen molar-refractivity contribution in [2.75, 3.05) is 11.9 Å². The maximum atomic E-state index is 5.90. The number of thiazole rings is 1. The second-order valence-corrected chi connectivity index (χ2v) is 6.12. The number of nitrogens with one attached hydrogen (secondary N) is 1. The van der Waals surface area contributed by atoms with Gasteiger partial charge < -0.3 is 11.1 Å². The van der Waals surface area contributed by atoms with Gasteiger partial charge in [-0.05, 0) is 50.5 Å². The Bertz CT molecular complexity index is 631. The van der Waals surface area contributed by atoms with E-state index in [9.17, 15) is 0 Å². The zero-order valence-electron chi connectivity index (χ0n) is 12.8. The fourth-order valence-corrected chi connectivity index (χ4v) is 2.77. The van der Waals surface area contributed by atoms with E-state index in [0.29, 0.717) is 12.5 Å². The number of hydrogen-bond donors (Lipinski definition) is 2. The summed E-state index contributed by atoms with van der Waals surface area (Å²) in [7, 11) is 0. The highest BCUT2D eigenvalue weighted by Gasteiger charge is 2.00. The van der Waals surface area contributed by atoms with Gasteiger partial charge in [0.15, 0.2) is 5.96 Å². The molecule has 2 aromatic rings. The molecule has 0 atom stereocenters. The lowest BCUT2D eigenvalue weighted by atomic mass is 10.1. The molecule has 3 N–H and O–H groups in total. The molecule has 21 heavy (non-hydrogen) atoms. The first-order valence-electron chi connectivity index (χ1n) is 7.10. The molecule has 1 aromatic heterocycles. The third-order valence-corrected chi connectivity index (χ3v) is 4.30. The molecule has 4 nitrogen and oxygen atoms in total. The molecule has 0 unspecified atom stereocenters. The highest BCUT2D eigenvalue weighted by molar-refractivity contribution is 7.09. The Morgan fingerprint density at radius 2 is 2.10 bits per heavy atom. The fraction of sp³-hybridized carbons (Fsp3) is 0.375. The Morgan fingerprint density at radius 1 is 1.29 bits per heavy atom. The molecular weight excluding hydrogens is 280 g/mol. The number of nitrogens with two attached hydrogens (primary N) is 1. The molecule has 1 heterocycles. The average molecular weight is 302 g/mol. The summed E-state index contributed by atoms with van der Waals surface area (Å²) in [6, 6.07) is 6.18. The van der Waals surface area contributed by atoms with Crippen LogP contribution in [0.15, 0.2) is 28.6 Å². The molecular formula is C16H22N4S. The Morgan fingerprint density at radius 3 is 2.76 bits per heavy atom. The highest BCUT2D eigenvalue weighted by Crippen LogP contribution is 2.14. The number of aromatic nitrogens is 1. The van der Waals surface area contributed by atoms with Crippen molar-refractivity contribution >= 4 is 23.0 Å². The zero-order valence-corrected chi connectivity index (χ0v) is 13.6. The monoisotopic (exact) mass is 302 g/mol. The Labute approximate surface area is 130 Å². The number of rotatable bonds is 5. The lowest BCUT2D eigenvalue weighted by Gasteiger charge is -2.08. The van der Waals surface area contributed by atoms with Crippen LogP contribution in [0.3, 0.4) is 0 Å². The summed E-state index contributed by atoms with van der Waals surface area (Å²) in [6.07, 6.45) is 1.92. The normalized spacial score (nSPS) is 11.7. The van der Waals surface area contributed by atoms with Gasteiger partial charge in [-0.1, -0.05) is 6.07 Å². The molecule has 0 bridgehead atoms. The lowest BCUT2D eigenvalue weighted by molar-refractivity contribution is 0.823. The summed E-state index contributed by atoms with van der Waals surface area (Å²) >= 11 is 1.71. The van der Waals surface area contributed by atoms with E-state index in [-0.39, 0.29) is 0 Å². The minimum absolute atomic E-state index is 0.466. The number of benzene rings is 1. The Hall–Kier alpha value is -1.88. The van der Waals surface area contributed by atoms with Crippen molar-refractivity contribution in [3.8, 4) is 0 Å². The van der Waals surface area contributed by atoms with E-state index < -0.39 is 0 Å². The van der Waals surface area contributed by atoms with Gasteiger partial charge in [0.25, 0.3) is 0 Å². The minimum Gasteiger partial charge on any atom is -0.370 e. The summed E-state index contributed by atoms with van der Waals surface area (Å²) in [6.45, 7) is 6.91. The topological polar surface area (TPSA) is 63.3 Å². The van der Waals surface area contributed by atoms with Crippen LogP contribution in [-0.2, 0) is 6.42 Å². The molecule has 0 fully saturated rings. The maximum Gasteiger partial charge on any atom is 0.193 e. The molecule has 0 amide bonds. The van der Waals surface area contributed by atoms with E-state index in [1.54, 1.807) is 11.3 Å². The molecule has 2 rings (SSSR count). The third kappa shape index (κ3) is 4.86. The molecule has 0 radical (unpaired) electrons. The summed E-state index contributed by atoms with van der Waals surface area (Å²) < 4.78 is 0. The van der Waals surface area contributed by atoms with E-state index >= 15 is 0 Å². The van der Waals surface area contributed by atoms with Crippen molar-refractivity contribution < 1.29 is 0 Å². The van der Waals surface area contributed by atoms with Crippen molar-refractivity contribution in [2.24, 2.45) is 10.7 Å². The van der Waals surface area contributed by atoms with E-state index in [1.165, 1.54) is 16.1 Å². The fourth-order valence-electron chi connectivity index (χ4n) is 1.95. The van der Waals surface area contributed by atoms with Gasteiger partial charge in [-0.15, -0.1) is 11.3 Å². The van der Waals surface area contributed by atoms with Gasteiger partial charge >= 0.3 is 0 Å². The van der Waals surface area contributed by atoms with Crippen LogP contribution in [0.2, 0.25) is 0 Å². The van der Waals surface area contributed by atoms with Crippen LogP contribution in [0.4, 0.5) is 5.69 Å². The van der Waals surface area contributed by atoms with Crippen LogP contribution in [-0.4, -0.2) is 17.5 Å². The first-order valence-corrected chi connectivity index (χ1v) is 7.98. The number of nitrogens with zero attached hydrogens (tertiary/aromatic N) is 2. The molecule has 0 spiro atoms. The number of aliphatic imine (C=N–C) groups is 1. The maximum absolute atomic E-state index is 5.90. The second kappa shape index (κ2) is 7.22. The smallest absolute Gasteiger partial charge is 0.193 e. The van der Waals surface area contributed by atoms with E-state index in [1.807, 2.05) is 13.0 Å². The molecule has 0 aliphatic heterocycles. The molecule has 112 valence electrons. The summed E-state index contributed by atoms with van der Waals surface area (Å²) in [5, 5.41) is 6.37.